The smallest absolute Gasteiger partial charge is 0.244 e. The Morgan fingerprint density at radius 1 is 1.38 bits per heavy atom. The SMILES string of the molecule is CCOCC1Cc2cc(S(=O)(=O)N(C)C)c(Cl)c(Cl)c2O1. The molecule has 1 atom stereocenters. The minimum Gasteiger partial charge on any atom is -0.486 e. The zero-order valence-corrected chi connectivity index (χ0v) is 14.3. The van der Waals surface area contributed by atoms with E-state index in [1.54, 1.807) is 0 Å². The molecule has 1 aliphatic heterocycles. The maximum atomic E-state index is 12.3. The van der Waals surface area contributed by atoms with Crippen molar-refractivity contribution in [3.8, 4) is 5.75 Å². The summed E-state index contributed by atoms with van der Waals surface area (Å²) in [6.45, 7) is 2.91. The van der Waals surface area contributed by atoms with Gasteiger partial charge in [-0.2, -0.15) is 0 Å². The summed E-state index contributed by atoms with van der Waals surface area (Å²) < 4.78 is 36.7. The van der Waals surface area contributed by atoms with E-state index in [-0.39, 0.29) is 21.0 Å². The van der Waals surface area contributed by atoms with Gasteiger partial charge >= 0.3 is 0 Å². The summed E-state index contributed by atoms with van der Waals surface area (Å²) in [6.07, 6.45) is 0.369. The van der Waals surface area contributed by atoms with Gasteiger partial charge in [0.2, 0.25) is 10.0 Å². The zero-order chi connectivity index (χ0) is 15.8. The van der Waals surface area contributed by atoms with Crippen molar-refractivity contribution in [2.45, 2.75) is 24.3 Å². The van der Waals surface area contributed by atoms with Gasteiger partial charge in [0, 0.05) is 32.7 Å². The van der Waals surface area contributed by atoms with Crippen LogP contribution in [-0.4, -0.2) is 46.1 Å². The van der Waals surface area contributed by atoms with E-state index in [4.69, 9.17) is 32.7 Å². The van der Waals surface area contributed by atoms with Crippen molar-refractivity contribution in [2.24, 2.45) is 0 Å². The number of ether oxygens (including phenoxy) is 2. The fourth-order valence-corrected chi connectivity index (χ4v) is 3.86. The van der Waals surface area contributed by atoms with Gasteiger partial charge in [-0.05, 0) is 13.0 Å². The summed E-state index contributed by atoms with van der Waals surface area (Å²) in [4.78, 5) is -0.00132. The molecule has 0 amide bonds. The highest BCUT2D eigenvalue weighted by atomic mass is 35.5. The molecule has 0 spiro atoms. The van der Waals surface area contributed by atoms with Gasteiger partial charge < -0.3 is 9.47 Å². The van der Waals surface area contributed by atoms with E-state index in [1.807, 2.05) is 6.92 Å². The molecule has 1 heterocycles. The molecule has 118 valence electrons. The number of hydrogen-bond donors (Lipinski definition) is 0. The van der Waals surface area contributed by atoms with Crippen LogP contribution < -0.4 is 4.74 Å². The fourth-order valence-electron chi connectivity index (χ4n) is 2.10. The number of hydrogen-bond acceptors (Lipinski definition) is 4. The summed E-state index contributed by atoms with van der Waals surface area (Å²) in [7, 11) is -0.765. The van der Waals surface area contributed by atoms with Gasteiger partial charge in [-0.25, -0.2) is 12.7 Å². The molecule has 1 aromatic carbocycles. The second-order valence-electron chi connectivity index (χ2n) is 4.88. The largest absolute Gasteiger partial charge is 0.486 e. The summed E-state index contributed by atoms with van der Waals surface area (Å²) in [5.74, 6) is 0.448. The van der Waals surface area contributed by atoms with Crippen molar-refractivity contribution in [2.75, 3.05) is 27.3 Å². The lowest BCUT2D eigenvalue weighted by atomic mass is 10.1. The first kappa shape index (κ1) is 16.8. The molecule has 21 heavy (non-hydrogen) atoms. The number of halogens is 2. The minimum absolute atomic E-state index is 0.00132. The van der Waals surface area contributed by atoms with Crippen molar-refractivity contribution in [3.05, 3.63) is 21.7 Å². The van der Waals surface area contributed by atoms with Gasteiger partial charge in [-0.1, -0.05) is 23.2 Å². The third kappa shape index (κ3) is 3.14. The molecule has 0 aromatic heterocycles. The predicted molar refractivity (Wildman–Crippen MR) is 81.9 cm³/mol. The first-order chi connectivity index (χ1) is 9.78. The van der Waals surface area contributed by atoms with Crippen LogP contribution in [0.2, 0.25) is 10.0 Å². The van der Waals surface area contributed by atoms with E-state index in [0.29, 0.717) is 25.4 Å². The Balaban J connectivity index is 2.42. The Bertz CT molecular complexity index is 646. The summed E-state index contributed by atoms with van der Waals surface area (Å²) in [5, 5.41) is 0.120. The first-order valence-electron chi connectivity index (χ1n) is 6.46. The number of nitrogens with zero attached hydrogens (tertiary/aromatic N) is 1. The van der Waals surface area contributed by atoms with Crippen LogP contribution in [0.1, 0.15) is 12.5 Å². The molecule has 0 fully saturated rings. The Kier molecular flexibility index (Phi) is 5.05. The Morgan fingerprint density at radius 2 is 2.05 bits per heavy atom. The topological polar surface area (TPSA) is 55.8 Å². The van der Waals surface area contributed by atoms with Crippen LogP contribution >= 0.6 is 23.2 Å². The van der Waals surface area contributed by atoms with Crippen molar-refractivity contribution < 1.29 is 17.9 Å². The van der Waals surface area contributed by atoms with Crippen LogP contribution in [0.15, 0.2) is 11.0 Å². The second-order valence-corrected chi connectivity index (χ2v) is 7.76. The molecule has 0 N–H and O–H groups in total. The lowest BCUT2D eigenvalue weighted by Gasteiger charge is -2.15. The monoisotopic (exact) mass is 353 g/mol. The van der Waals surface area contributed by atoms with E-state index >= 15 is 0 Å². The first-order valence-corrected chi connectivity index (χ1v) is 8.66. The molecule has 0 aliphatic carbocycles. The standard InChI is InChI=1S/C13H17Cl2NO4S/c1-4-19-7-9-5-8-6-10(21(17,18)16(2)3)11(14)12(15)13(8)20-9/h6,9H,4-5,7H2,1-3H3. The van der Waals surface area contributed by atoms with Crippen molar-refractivity contribution in [3.63, 3.8) is 0 Å². The number of sulfonamides is 1. The van der Waals surface area contributed by atoms with Gasteiger partial charge in [0.05, 0.1) is 11.6 Å². The molecule has 0 saturated heterocycles. The average Bonchev–Trinajstić information content (AvgIpc) is 2.83. The number of rotatable bonds is 5. The molecule has 1 aromatic rings. The van der Waals surface area contributed by atoms with E-state index in [0.717, 1.165) is 9.87 Å². The highest BCUT2D eigenvalue weighted by Crippen LogP contribution is 2.44. The Morgan fingerprint density at radius 3 is 2.62 bits per heavy atom. The normalized spacial score (nSPS) is 17.9. The fraction of sp³-hybridized carbons (Fsp3) is 0.538. The molecule has 0 saturated carbocycles. The van der Waals surface area contributed by atoms with Crippen LogP contribution in [-0.2, 0) is 21.2 Å². The van der Waals surface area contributed by atoms with E-state index in [1.165, 1.54) is 20.2 Å². The lowest BCUT2D eigenvalue weighted by molar-refractivity contribution is 0.0679. The minimum atomic E-state index is -3.66. The van der Waals surface area contributed by atoms with Crippen LogP contribution in [0.4, 0.5) is 0 Å². The summed E-state index contributed by atoms with van der Waals surface area (Å²) in [5.41, 5.74) is 0.731. The summed E-state index contributed by atoms with van der Waals surface area (Å²) >= 11 is 12.3. The van der Waals surface area contributed by atoms with Crippen molar-refractivity contribution in [1.29, 1.82) is 0 Å². The Labute approximate surface area is 134 Å². The Hall–Kier alpha value is -0.530. The quantitative estimate of drug-likeness (QED) is 0.816. The van der Waals surface area contributed by atoms with E-state index in [9.17, 15) is 8.42 Å². The maximum Gasteiger partial charge on any atom is 0.244 e. The molecular formula is C13H17Cl2NO4S. The average molecular weight is 354 g/mol. The van der Waals surface area contributed by atoms with Crippen molar-refractivity contribution >= 4 is 33.2 Å². The lowest BCUT2D eigenvalue weighted by Crippen LogP contribution is -2.22. The molecule has 5 nitrogen and oxygen atoms in total. The van der Waals surface area contributed by atoms with Gasteiger partial charge in [-0.15, -0.1) is 0 Å². The molecule has 0 radical (unpaired) electrons. The van der Waals surface area contributed by atoms with Crippen LogP contribution in [0.5, 0.6) is 5.75 Å². The third-order valence-electron chi connectivity index (χ3n) is 3.20. The molecule has 0 bridgehead atoms. The predicted octanol–water partition coefficient (Wildman–Crippen LogP) is 2.58. The van der Waals surface area contributed by atoms with Gasteiger partial charge in [0.1, 0.15) is 21.8 Å². The molecule has 1 unspecified atom stereocenters. The van der Waals surface area contributed by atoms with Gasteiger partial charge in [0.25, 0.3) is 0 Å². The third-order valence-corrected chi connectivity index (χ3v) is 6.01. The molecule has 8 heteroatoms. The van der Waals surface area contributed by atoms with E-state index in [2.05, 4.69) is 0 Å². The van der Waals surface area contributed by atoms with Crippen LogP contribution in [0.25, 0.3) is 0 Å². The van der Waals surface area contributed by atoms with Crippen LogP contribution in [0.3, 0.4) is 0 Å². The van der Waals surface area contributed by atoms with Crippen LogP contribution in [0, 0.1) is 0 Å². The van der Waals surface area contributed by atoms with Gasteiger partial charge in [-0.3, -0.25) is 0 Å². The van der Waals surface area contributed by atoms with E-state index < -0.39 is 10.0 Å². The highest BCUT2D eigenvalue weighted by molar-refractivity contribution is 7.89. The van der Waals surface area contributed by atoms with Gasteiger partial charge in [0.15, 0.2) is 0 Å². The summed E-state index contributed by atoms with van der Waals surface area (Å²) in [6, 6.07) is 1.53. The zero-order valence-electron chi connectivity index (χ0n) is 12.0. The highest BCUT2D eigenvalue weighted by Gasteiger charge is 2.32. The second kappa shape index (κ2) is 6.30. The molecule has 2 rings (SSSR count). The number of fused-ring (bicyclic) bond motifs is 1. The van der Waals surface area contributed by atoms with Crippen molar-refractivity contribution in [1.82, 2.24) is 4.31 Å². The molecule has 1 aliphatic rings. The maximum absolute atomic E-state index is 12.3. The number of benzene rings is 1. The molecular weight excluding hydrogens is 337 g/mol.